The van der Waals surface area contributed by atoms with Gasteiger partial charge in [0.25, 0.3) is 0 Å². The third-order valence-corrected chi connectivity index (χ3v) is 3.46. The summed E-state index contributed by atoms with van der Waals surface area (Å²) in [5, 5.41) is 2.77. The molecule has 0 saturated carbocycles. The molecule has 0 aliphatic carbocycles. The van der Waals surface area contributed by atoms with Crippen molar-refractivity contribution in [2.45, 2.75) is 25.3 Å². The summed E-state index contributed by atoms with van der Waals surface area (Å²) >= 11 is 0. The fraction of sp³-hybridized carbons (Fsp3) is 0.467. The number of likely N-dealkylation sites (tertiary alicyclic amines) is 1. The maximum Gasteiger partial charge on any atom is 0.328 e. The molecule has 2 amide bonds. The highest BCUT2D eigenvalue weighted by molar-refractivity contribution is 5.83. The molecule has 1 fully saturated rings. The second kappa shape index (κ2) is 6.93. The van der Waals surface area contributed by atoms with Crippen LogP contribution in [0.4, 0.5) is 4.79 Å². The van der Waals surface area contributed by atoms with Crippen LogP contribution in [-0.2, 0) is 16.0 Å². The van der Waals surface area contributed by atoms with E-state index < -0.39 is 12.0 Å². The van der Waals surface area contributed by atoms with Crippen LogP contribution in [0.15, 0.2) is 30.3 Å². The molecule has 1 heterocycles. The predicted molar refractivity (Wildman–Crippen MR) is 75.3 cm³/mol. The Kier molecular flexibility index (Phi) is 4.98. The van der Waals surface area contributed by atoms with Crippen molar-refractivity contribution in [2.75, 3.05) is 20.2 Å². The number of urea groups is 1. The normalized spacial score (nSPS) is 15.8. The molecule has 1 saturated heterocycles. The Morgan fingerprint density at radius 3 is 2.50 bits per heavy atom. The number of ether oxygens (including phenoxy) is 1. The van der Waals surface area contributed by atoms with Crippen LogP contribution in [0, 0.1) is 0 Å². The standard InChI is InChI=1S/C15H20N2O3/c1-20-14(18)13(11-12-7-3-2-4-8-12)16-15(19)17-9-5-6-10-17/h2-4,7-8,13H,5-6,9-11H2,1H3,(H,16,19)/t13-/m1/s1. The Labute approximate surface area is 118 Å². The number of esters is 1. The average molecular weight is 276 g/mol. The van der Waals surface area contributed by atoms with Crippen LogP contribution in [0.2, 0.25) is 0 Å². The number of amides is 2. The lowest BCUT2D eigenvalue weighted by atomic mass is 10.1. The molecule has 1 aromatic rings. The summed E-state index contributed by atoms with van der Waals surface area (Å²) in [4.78, 5) is 25.6. The van der Waals surface area contributed by atoms with Gasteiger partial charge in [-0.05, 0) is 18.4 Å². The van der Waals surface area contributed by atoms with Crippen molar-refractivity contribution < 1.29 is 14.3 Å². The van der Waals surface area contributed by atoms with E-state index in [0.29, 0.717) is 6.42 Å². The minimum atomic E-state index is -0.643. The van der Waals surface area contributed by atoms with Gasteiger partial charge in [-0.25, -0.2) is 9.59 Å². The molecule has 0 aromatic heterocycles. The Morgan fingerprint density at radius 2 is 1.90 bits per heavy atom. The number of carbonyl (C=O) groups excluding carboxylic acids is 2. The minimum Gasteiger partial charge on any atom is -0.467 e. The number of nitrogens with one attached hydrogen (secondary N) is 1. The van der Waals surface area contributed by atoms with E-state index in [9.17, 15) is 9.59 Å². The molecule has 1 aliphatic rings. The second-order valence-electron chi connectivity index (χ2n) is 4.91. The zero-order chi connectivity index (χ0) is 14.4. The van der Waals surface area contributed by atoms with Crippen LogP contribution in [0.1, 0.15) is 18.4 Å². The molecule has 1 atom stereocenters. The zero-order valence-electron chi connectivity index (χ0n) is 11.7. The summed E-state index contributed by atoms with van der Waals surface area (Å²) in [6.07, 6.45) is 2.48. The summed E-state index contributed by atoms with van der Waals surface area (Å²) < 4.78 is 4.78. The lowest BCUT2D eigenvalue weighted by Gasteiger charge is -2.21. The van der Waals surface area contributed by atoms with Crippen LogP contribution in [-0.4, -0.2) is 43.1 Å². The zero-order valence-corrected chi connectivity index (χ0v) is 11.7. The highest BCUT2D eigenvalue weighted by atomic mass is 16.5. The van der Waals surface area contributed by atoms with E-state index in [2.05, 4.69) is 5.32 Å². The lowest BCUT2D eigenvalue weighted by molar-refractivity contribution is -0.142. The highest BCUT2D eigenvalue weighted by Gasteiger charge is 2.25. The number of benzene rings is 1. The minimum absolute atomic E-state index is 0.186. The Bertz CT molecular complexity index is 455. The van der Waals surface area contributed by atoms with Gasteiger partial charge in [-0.15, -0.1) is 0 Å². The molecule has 1 N–H and O–H groups in total. The van der Waals surface area contributed by atoms with Crippen molar-refractivity contribution in [3.63, 3.8) is 0 Å². The van der Waals surface area contributed by atoms with Crippen LogP contribution in [0.5, 0.6) is 0 Å². The van der Waals surface area contributed by atoms with Crippen LogP contribution in [0.3, 0.4) is 0 Å². The van der Waals surface area contributed by atoms with Gasteiger partial charge in [-0.1, -0.05) is 30.3 Å². The molecular formula is C15H20N2O3. The van der Waals surface area contributed by atoms with Gasteiger partial charge in [0.2, 0.25) is 0 Å². The van der Waals surface area contributed by atoms with E-state index in [0.717, 1.165) is 31.5 Å². The monoisotopic (exact) mass is 276 g/mol. The van der Waals surface area contributed by atoms with Gasteiger partial charge in [-0.2, -0.15) is 0 Å². The fourth-order valence-electron chi connectivity index (χ4n) is 2.35. The van der Waals surface area contributed by atoms with E-state index in [1.54, 1.807) is 4.90 Å². The first kappa shape index (κ1) is 14.4. The SMILES string of the molecule is COC(=O)[C@@H](Cc1ccccc1)NC(=O)N1CCCC1. The molecule has 108 valence electrons. The molecular weight excluding hydrogens is 256 g/mol. The summed E-state index contributed by atoms with van der Waals surface area (Å²) in [5.74, 6) is -0.415. The third-order valence-electron chi connectivity index (χ3n) is 3.46. The van der Waals surface area contributed by atoms with Crippen molar-refractivity contribution >= 4 is 12.0 Å². The summed E-state index contributed by atoms with van der Waals surface area (Å²) in [6, 6.07) is 8.76. The first-order chi connectivity index (χ1) is 9.70. The van der Waals surface area contributed by atoms with E-state index >= 15 is 0 Å². The van der Waals surface area contributed by atoms with Gasteiger partial charge < -0.3 is 15.0 Å². The van der Waals surface area contributed by atoms with Gasteiger partial charge in [-0.3, -0.25) is 0 Å². The third kappa shape index (κ3) is 3.73. The molecule has 5 heteroatoms. The van der Waals surface area contributed by atoms with E-state index in [1.165, 1.54) is 7.11 Å². The number of nitrogens with zero attached hydrogens (tertiary/aromatic N) is 1. The van der Waals surface area contributed by atoms with Crippen molar-refractivity contribution in [1.29, 1.82) is 0 Å². The molecule has 1 aliphatic heterocycles. The lowest BCUT2D eigenvalue weighted by Crippen LogP contribution is -2.48. The smallest absolute Gasteiger partial charge is 0.328 e. The molecule has 0 radical (unpaired) electrons. The fourth-order valence-corrected chi connectivity index (χ4v) is 2.35. The van der Waals surface area contributed by atoms with Crippen LogP contribution in [0.25, 0.3) is 0 Å². The Balaban J connectivity index is 2.00. The maximum atomic E-state index is 12.1. The van der Waals surface area contributed by atoms with Gasteiger partial charge in [0.05, 0.1) is 7.11 Å². The Hall–Kier alpha value is -2.04. The molecule has 1 aromatic carbocycles. The summed E-state index contributed by atoms with van der Waals surface area (Å²) in [5.41, 5.74) is 0.990. The van der Waals surface area contributed by atoms with Crippen molar-refractivity contribution in [2.24, 2.45) is 0 Å². The van der Waals surface area contributed by atoms with E-state index in [4.69, 9.17) is 4.74 Å². The van der Waals surface area contributed by atoms with E-state index in [1.807, 2.05) is 30.3 Å². The predicted octanol–water partition coefficient (Wildman–Crippen LogP) is 1.58. The van der Waals surface area contributed by atoms with Crippen molar-refractivity contribution in [3.05, 3.63) is 35.9 Å². The van der Waals surface area contributed by atoms with E-state index in [-0.39, 0.29) is 6.03 Å². The largest absolute Gasteiger partial charge is 0.467 e. The number of methoxy groups -OCH3 is 1. The van der Waals surface area contributed by atoms with Crippen molar-refractivity contribution in [3.8, 4) is 0 Å². The number of carbonyl (C=O) groups is 2. The second-order valence-corrected chi connectivity index (χ2v) is 4.91. The number of hydrogen-bond acceptors (Lipinski definition) is 3. The molecule has 0 spiro atoms. The highest BCUT2D eigenvalue weighted by Crippen LogP contribution is 2.09. The van der Waals surface area contributed by atoms with Gasteiger partial charge >= 0.3 is 12.0 Å². The summed E-state index contributed by atoms with van der Waals surface area (Å²) in [6.45, 7) is 1.51. The summed E-state index contributed by atoms with van der Waals surface area (Å²) in [7, 11) is 1.34. The van der Waals surface area contributed by atoms with Gasteiger partial charge in [0.15, 0.2) is 0 Å². The maximum absolute atomic E-state index is 12.1. The molecule has 5 nitrogen and oxygen atoms in total. The van der Waals surface area contributed by atoms with Gasteiger partial charge in [0, 0.05) is 19.5 Å². The molecule has 2 rings (SSSR count). The Morgan fingerprint density at radius 1 is 1.25 bits per heavy atom. The number of rotatable bonds is 4. The van der Waals surface area contributed by atoms with Crippen LogP contribution < -0.4 is 5.32 Å². The average Bonchev–Trinajstić information content (AvgIpc) is 3.01. The molecule has 20 heavy (non-hydrogen) atoms. The first-order valence-corrected chi connectivity index (χ1v) is 6.88. The van der Waals surface area contributed by atoms with Crippen molar-refractivity contribution in [1.82, 2.24) is 10.2 Å². The number of hydrogen-bond donors (Lipinski definition) is 1. The quantitative estimate of drug-likeness (QED) is 0.849. The first-order valence-electron chi connectivity index (χ1n) is 6.88. The molecule has 0 unspecified atom stereocenters. The van der Waals surface area contributed by atoms with Crippen LogP contribution >= 0.6 is 0 Å². The van der Waals surface area contributed by atoms with Gasteiger partial charge in [0.1, 0.15) is 6.04 Å². The molecule has 0 bridgehead atoms. The topological polar surface area (TPSA) is 58.6 Å².